The molecule has 0 bridgehead atoms. The van der Waals surface area contributed by atoms with Crippen molar-refractivity contribution in [1.82, 2.24) is 0 Å². The van der Waals surface area contributed by atoms with Crippen LogP contribution in [0.15, 0.2) is 22.7 Å². The highest BCUT2D eigenvalue weighted by Gasteiger charge is 2.32. The number of rotatable bonds is 5. The molecule has 17 heavy (non-hydrogen) atoms. The highest BCUT2D eigenvalue weighted by molar-refractivity contribution is 9.10. The van der Waals surface area contributed by atoms with E-state index in [9.17, 15) is 10.1 Å². The third-order valence-electron chi connectivity index (χ3n) is 2.77. The third-order valence-corrected chi connectivity index (χ3v) is 3.27. The molecule has 0 radical (unpaired) electrons. The second kappa shape index (κ2) is 5.01. The first-order chi connectivity index (χ1) is 8.13. The van der Waals surface area contributed by atoms with Crippen LogP contribution in [-0.4, -0.2) is 29.2 Å². The van der Waals surface area contributed by atoms with E-state index in [-0.39, 0.29) is 17.2 Å². The van der Waals surface area contributed by atoms with Crippen molar-refractivity contribution in [3.63, 3.8) is 0 Å². The minimum atomic E-state index is -0.380. The fourth-order valence-electron chi connectivity index (χ4n) is 1.87. The molecule has 0 aromatic heterocycles. The molecule has 0 unspecified atom stereocenters. The summed E-state index contributed by atoms with van der Waals surface area (Å²) in [5.74, 6) is 0. The quantitative estimate of drug-likeness (QED) is 0.669. The molecule has 6 heteroatoms. The summed E-state index contributed by atoms with van der Waals surface area (Å²) in [6.07, 6.45) is 2.06. The molecule has 0 spiro atoms. The van der Waals surface area contributed by atoms with Crippen molar-refractivity contribution in [1.29, 1.82) is 0 Å². The van der Waals surface area contributed by atoms with Gasteiger partial charge in [0.05, 0.1) is 11.5 Å². The Labute approximate surface area is 107 Å². The van der Waals surface area contributed by atoms with Crippen LogP contribution < -0.4 is 4.90 Å². The lowest BCUT2D eigenvalue weighted by atomic mass is 10.2. The van der Waals surface area contributed by atoms with Crippen LogP contribution in [0.5, 0.6) is 0 Å². The van der Waals surface area contributed by atoms with Gasteiger partial charge in [-0.3, -0.25) is 10.1 Å². The summed E-state index contributed by atoms with van der Waals surface area (Å²) in [5, 5.41) is 20.0. The van der Waals surface area contributed by atoms with Crippen molar-refractivity contribution in [3.8, 4) is 0 Å². The molecule has 0 atom stereocenters. The minimum absolute atomic E-state index is 0.000166. The number of benzene rings is 1. The zero-order valence-electron chi connectivity index (χ0n) is 9.17. The van der Waals surface area contributed by atoms with Crippen molar-refractivity contribution < 1.29 is 10.0 Å². The van der Waals surface area contributed by atoms with Gasteiger partial charge in [0.25, 0.3) is 5.69 Å². The molecule has 1 aliphatic rings. The van der Waals surface area contributed by atoms with Crippen LogP contribution in [0.2, 0.25) is 0 Å². The second-order valence-corrected chi connectivity index (χ2v) is 4.95. The van der Waals surface area contributed by atoms with E-state index in [2.05, 4.69) is 15.9 Å². The van der Waals surface area contributed by atoms with E-state index >= 15 is 0 Å². The van der Waals surface area contributed by atoms with E-state index in [0.29, 0.717) is 18.3 Å². The molecule has 5 nitrogen and oxygen atoms in total. The lowest BCUT2D eigenvalue weighted by molar-refractivity contribution is -0.384. The smallest absolute Gasteiger partial charge is 0.292 e. The van der Waals surface area contributed by atoms with Crippen LogP contribution in [0, 0.1) is 10.1 Å². The number of nitro benzene ring substituents is 1. The Morgan fingerprint density at radius 3 is 2.76 bits per heavy atom. The van der Waals surface area contributed by atoms with Gasteiger partial charge in [-0.25, -0.2) is 0 Å². The van der Waals surface area contributed by atoms with Gasteiger partial charge in [-0.2, -0.15) is 0 Å². The van der Waals surface area contributed by atoms with Gasteiger partial charge in [-0.1, -0.05) is 15.9 Å². The van der Waals surface area contributed by atoms with Crippen molar-refractivity contribution in [2.24, 2.45) is 0 Å². The lowest BCUT2D eigenvalue weighted by Crippen LogP contribution is -2.29. The Balaban J connectivity index is 2.39. The fraction of sp³-hybridized carbons (Fsp3) is 0.455. The SMILES string of the molecule is O=[N+]([O-])c1ccc(Br)cc1N(CCO)C1CC1. The van der Waals surface area contributed by atoms with E-state index in [0.717, 1.165) is 17.3 Å². The second-order valence-electron chi connectivity index (χ2n) is 4.04. The van der Waals surface area contributed by atoms with Crippen LogP contribution in [-0.2, 0) is 0 Å². The van der Waals surface area contributed by atoms with Crippen LogP contribution >= 0.6 is 15.9 Å². The van der Waals surface area contributed by atoms with Crippen LogP contribution in [0.3, 0.4) is 0 Å². The van der Waals surface area contributed by atoms with Gasteiger partial charge in [0.1, 0.15) is 5.69 Å². The molecule has 0 amide bonds. The highest BCUT2D eigenvalue weighted by Crippen LogP contribution is 2.38. The van der Waals surface area contributed by atoms with Crippen molar-refractivity contribution >= 4 is 27.3 Å². The fourth-order valence-corrected chi connectivity index (χ4v) is 2.22. The van der Waals surface area contributed by atoms with E-state index in [1.807, 2.05) is 4.90 Å². The average Bonchev–Trinajstić information content (AvgIpc) is 3.09. The molecule has 0 saturated heterocycles. The van der Waals surface area contributed by atoms with E-state index in [4.69, 9.17) is 5.11 Å². The Morgan fingerprint density at radius 2 is 2.24 bits per heavy atom. The minimum Gasteiger partial charge on any atom is -0.395 e. The molecule has 1 saturated carbocycles. The van der Waals surface area contributed by atoms with Crippen molar-refractivity contribution in [2.45, 2.75) is 18.9 Å². The molecule has 1 aliphatic carbocycles. The van der Waals surface area contributed by atoms with Gasteiger partial charge in [0.2, 0.25) is 0 Å². The van der Waals surface area contributed by atoms with Crippen molar-refractivity contribution in [3.05, 3.63) is 32.8 Å². The number of nitrogens with zero attached hydrogens (tertiary/aromatic N) is 2. The predicted octanol–water partition coefficient (Wildman–Crippen LogP) is 2.32. The predicted molar refractivity (Wildman–Crippen MR) is 68.3 cm³/mol. The zero-order chi connectivity index (χ0) is 12.4. The monoisotopic (exact) mass is 300 g/mol. The number of aliphatic hydroxyl groups excluding tert-OH is 1. The molecule has 1 fully saturated rings. The first-order valence-corrected chi connectivity index (χ1v) is 6.24. The van der Waals surface area contributed by atoms with Gasteiger partial charge in [-0.15, -0.1) is 0 Å². The number of aliphatic hydroxyl groups is 1. The summed E-state index contributed by atoms with van der Waals surface area (Å²) in [6.45, 7) is 0.433. The normalized spacial score (nSPS) is 14.7. The van der Waals surface area contributed by atoms with Gasteiger partial charge >= 0.3 is 0 Å². The molecular formula is C11H13BrN2O3. The lowest BCUT2D eigenvalue weighted by Gasteiger charge is -2.23. The van der Waals surface area contributed by atoms with Crippen LogP contribution in [0.1, 0.15) is 12.8 Å². The summed E-state index contributed by atoms with van der Waals surface area (Å²) in [7, 11) is 0. The average molecular weight is 301 g/mol. The van der Waals surface area contributed by atoms with E-state index in [1.54, 1.807) is 12.1 Å². The summed E-state index contributed by atoms with van der Waals surface area (Å²) in [6, 6.07) is 5.22. The number of hydrogen-bond acceptors (Lipinski definition) is 4. The first-order valence-electron chi connectivity index (χ1n) is 5.45. The molecule has 1 aromatic rings. The highest BCUT2D eigenvalue weighted by atomic mass is 79.9. The van der Waals surface area contributed by atoms with Gasteiger partial charge in [0.15, 0.2) is 0 Å². The van der Waals surface area contributed by atoms with E-state index < -0.39 is 0 Å². The maximum Gasteiger partial charge on any atom is 0.292 e. The molecule has 2 rings (SSSR count). The standard InChI is InChI=1S/C11H13BrN2O3/c12-8-1-4-10(14(16)17)11(7-8)13(5-6-15)9-2-3-9/h1,4,7,9,15H,2-3,5-6H2. The number of anilines is 1. The topological polar surface area (TPSA) is 66.6 Å². The molecular weight excluding hydrogens is 288 g/mol. The maximum absolute atomic E-state index is 11.0. The molecule has 1 aromatic carbocycles. The largest absolute Gasteiger partial charge is 0.395 e. The Morgan fingerprint density at radius 1 is 1.53 bits per heavy atom. The first kappa shape index (κ1) is 12.3. The summed E-state index contributed by atoms with van der Waals surface area (Å²) in [5.41, 5.74) is 0.675. The van der Waals surface area contributed by atoms with Gasteiger partial charge in [-0.05, 0) is 25.0 Å². The number of halogens is 1. The Hall–Kier alpha value is -1.14. The van der Waals surface area contributed by atoms with Crippen LogP contribution in [0.4, 0.5) is 11.4 Å². The number of nitro groups is 1. The molecule has 0 aliphatic heterocycles. The number of hydrogen-bond donors (Lipinski definition) is 1. The zero-order valence-corrected chi connectivity index (χ0v) is 10.8. The Bertz CT molecular complexity index is 435. The molecule has 92 valence electrons. The summed E-state index contributed by atoms with van der Waals surface area (Å²) in [4.78, 5) is 12.5. The maximum atomic E-state index is 11.0. The van der Waals surface area contributed by atoms with Crippen LogP contribution in [0.25, 0.3) is 0 Å². The summed E-state index contributed by atoms with van der Waals surface area (Å²) >= 11 is 3.32. The summed E-state index contributed by atoms with van der Waals surface area (Å²) < 4.78 is 0.807. The van der Waals surface area contributed by atoms with Gasteiger partial charge in [0, 0.05) is 23.1 Å². The Kier molecular flexibility index (Phi) is 3.63. The van der Waals surface area contributed by atoms with E-state index in [1.165, 1.54) is 6.07 Å². The molecule has 1 N–H and O–H groups in total. The van der Waals surface area contributed by atoms with Crippen molar-refractivity contribution in [2.75, 3.05) is 18.1 Å². The molecule has 0 heterocycles. The third kappa shape index (κ3) is 2.76. The van der Waals surface area contributed by atoms with Gasteiger partial charge < -0.3 is 10.0 Å².